The van der Waals surface area contributed by atoms with Gasteiger partial charge >= 0.3 is 6.18 Å². The van der Waals surface area contributed by atoms with Crippen LogP contribution in [-0.4, -0.2) is 6.18 Å². The molecular formula is C11H15F3S. The minimum Gasteiger partial charge on any atom is -0.171 e. The van der Waals surface area contributed by atoms with Gasteiger partial charge in [-0.05, 0) is 38.3 Å². The average Bonchev–Trinajstić information content (AvgIpc) is 2.49. The van der Waals surface area contributed by atoms with E-state index < -0.39 is 12.6 Å². The first-order chi connectivity index (χ1) is 6.97. The maximum absolute atomic E-state index is 11.8. The van der Waals surface area contributed by atoms with E-state index in [9.17, 15) is 13.2 Å². The quantitative estimate of drug-likeness (QED) is 0.649. The molecule has 0 nitrogen and oxygen atoms in total. The zero-order valence-electron chi connectivity index (χ0n) is 8.73. The van der Waals surface area contributed by atoms with Crippen molar-refractivity contribution in [2.75, 3.05) is 0 Å². The lowest BCUT2D eigenvalue weighted by molar-refractivity contribution is -0.135. The van der Waals surface area contributed by atoms with E-state index in [1.807, 2.05) is 6.92 Å². The lowest BCUT2D eigenvalue weighted by Crippen LogP contribution is -2.06. The fourth-order valence-corrected chi connectivity index (χ4v) is 2.35. The summed E-state index contributed by atoms with van der Waals surface area (Å²) in [5.41, 5.74) is 0. The van der Waals surface area contributed by atoms with Gasteiger partial charge in [0.05, 0.1) is 0 Å². The molecule has 0 saturated heterocycles. The number of alkyl halides is 3. The second kappa shape index (κ2) is 5.54. The molecule has 86 valence electrons. The first-order valence-electron chi connectivity index (χ1n) is 5.09. The minimum atomic E-state index is -3.99. The molecule has 1 aromatic heterocycles. The molecule has 0 saturated carbocycles. The SMILES string of the molecule is Cc1ccc(CCCCCC(F)(F)F)s1. The topological polar surface area (TPSA) is 0 Å². The second-order valence-electron chi connectivity index (χ2n) is 3.69. The van der Waals surface area contributed by atoms with Crippen LogP contribution in [0, 0.1) is 6.92 Å². The molecule has 0 aliphatic rings. The summed E-state index contributed by atoms with van der Waals surface area (Å²) in [7, 11) is 0. The van der Waals surface area contributed by atoms with E-state index in [4.69, 9.17) is 0 Å². The molecule has 0 bridgehead atoms. The van der Waals surface area contributed by atoms with Crippen LogP contribution in [0.1, 0.15) is 35.4 Å². The van der Waals surface area contributed by atoms with Crippen LogP contribution in [0.15, 0.2) is 12.1 Å². The standard InChI is InChI=1S/C11H15F3S/c1-9-6-7-10(15-9)5-3-2-4-8-11(12,13)14/h6-7H,2-5,8H2,1H3. The summed E-state index contributed by atoms with van der Waals surface area (Å²) in [6.45, 7) is 2.04. The van der Waals surface area contributed by atoms with Crippen LogP contribution in [0.4, 0.5) is 13.2 Å². The molecule has 0 atom stereocenters. The molecule has 1 aromatic rings. The molecule has 15 heavy (non-hydrogen) atoms. The highest BCUT2D eigenvalue weighted by molar-refractivity contribution is 7.11. The number of unbranched alkanes of at least 4 members (excludes halogenated alkanes) is 2. The van der Waals surface area contributed by atoms with Crippen LogP contribution in [-0.2, 0) is 6.42 Å². The van der Waals surface area contributed by atoms with Gasteiger partial charge in [0.2, 0.25) is 0 Å². The Morgan fingerprint density at radius 3 is 2.40 bits per heavy atom. The Morgan fingerprint density at radius 1 is 1.13 bits per heavy atom. The number of hydrogen-bond acceptors (Lipinski definition) is 1. The number of aryl methyl sites for hydroxylation is 2. The van der Waals surface area contributed by atoms with E-state index in [0.29, 0.717) is 6.42 Å². The van der Waals surface area contributed by atoms with E-state index in [0.717, 1.165) is 12.8 Å². The third-order valence-electron chi connectivity index (χ3n) is 2.18. The average molecular weight is 236 g/mol. The van der Waals surface area contributed by atoms with Crippen molar-refractivity contribution in [3.05, 3.63) is 21.9 Å². The normalized spacial score (nSPS) is 12.0. The largest absolute Gasteiger partial charge is 0.389 e. The van der Waals surface area contributed by atoms with Crippen molar-refractivity contribution in [3.8, 4) is 0 Å². The first kappa shape index (κ1) is 12.6. The van der Waals surface area contributed by atoms with Gasteiger partial charge in [-0.15, -0.1) is 11.3 Å². The minimum absolute atomic E-state index is 0.258. The Labute approximate surface area is 92.1 Å². The van der Waals surface area contributed by atoms with E-state index in [1.165, 1.54) is 9.75 Å². The molecule has 0 radical (unpaired) electrons. The van der Waals surface area contributed by atoms with Gasteiger partial charge < -0.3 is 0 Å². The number of halogens is 3. The maximum atomic E-state index is 11.8. The molecule has 0 unspecified atom stereocenters. The lowest BCUT2D eigenvalue weighted by atomic mass is 10.1. The summed E-state index contributed by atoms with van der Waals surface area (Å²) in [6.07, 6.45) is -1.94. The monoisotopic (exact) mass is 236 g/mol. The third kappa shape index (κ3) is 5.82. The van der Waals surface area contributed by atoms with E-state index >= 15 is 0 Å². The second-order valence-corrected chi connectivity index (χ2v) is 5.06. The Balaban J connectivity index is 2.07. The smallest absolute Gasteiger partial charge is 0.171 e. The zero-order valence-corrected chi connectivity index (χ0v) is 9.55. The van der Waals surface area contributed by atoms with Crippen molar-refractivity contribution in [2.45, 2.75) is 45.2 Å². The van der Waals surface area contributed by atoms with Gasteiger partial charge in [-0.3, -0.25) is 0 Å². The van der Waals surface area contributed by atoms with Gasteiger partial charge in [-0.2, -0.15) is 13.2 Å². The van der Waals surface area contributed by atoms with Crippen molar-refractivity contribution in [1.82, 2.24) is 0 Å². The van der Waals surface area contributed by atoms with Crippen LogP contribution in [0.2, 0.25) is 0 Å². The Kier molecular flexibility index (Phi) is 4.64. The maximum Gasteiger partial charge on any atom is 0.389 e. The molecule has 0 amide bonds. The van der Waals surface area contributed by atoms with Crippen LogP contribution in [0.5, 0.6) is 0 Å². The fraction of sp³-hybridized carbons (Fsp3) is 0.636. The van der Waals surface area contributed by atoms with Gasteiger partial charge in [-0.1, -0.05) is 6.42 Å². The number of rotatable bonds is 5. The van der Waals surface area contributed by atoms with Crippen LogP contribution >= 0.6 is 11.3 Å². The molecule has 0 aromatic carbocycles. The van der Waals surface area contributed by atoms with Crippen LogP contribution < -0.4 is 0 Å². The molecule has 0 spiro atoms. The summed E-state index contributed by atoms with van der Waals surface area (Å²) < 4.78 is 35.4. The van der Waals surface area contributed by atoms with Crippen molar-refractivity contribution in [3.63, 3.8) is 0 Å². The lowest BCUT2D eigenvalue weighted by Gasteiger charge is -2.04. The summed E-state index contributed by atoms with van der Waals surface area (Å²) >= 11 is 1.73. The summed E-state index contributed by atoms with van der Waals surface area (Å²) in [6, 6.07) is 4.11. The summed E-state index contributed by atoms with van der Waals surface area (Å²) in [4.78, 5) is 2.54. The molecule has 0 aliphatic heterocycles. The van der Waals surface area contributed by atoms with E-state index in [2.05, 4.69) is 12.1 Å². The van der Waals surface area contributed by atoms with Gasteiger partial charge in [0.1, 0.15) is 0 Å². The Hall–Kier alpha value is -0.510. The molecule has 0 aliphatic carbocycles. The van der Waals surface area contributed by atoms with Gasteiger partial charge in [0, 0.05) is 16.2 Å². The molecule has 1 heterocycles. The predicted octanol–water partition coefficient (Wildman–Crippen LogP) is 4.72. The van der Waals surface area contributed by atoms with Gasteiger partial charge in [0.15, 0.2) is 0 Å². The molecule has 0 N–H and O–H groups in total. The Bertz CT molecular complexity index is 288. The molecule has 0 fully saturated rings. The number of thiophene rings is 1. The zero-order chi connectivity index (χ0) is 11.3. The molecule has 4 heteroatoms. The van der Waals surface area contributed by atoms with Gasteiger partial charge in [-0.25, -0.2) is 0 Å². The van der Waals surface area contributed by atoms with Crippen molar-refractivity contribution in [1.29, 1.82) is 0 Å². The highest BCUT2D eigenvalue weighted by Crippen LogP contribution is 2.23. The van der Waals surface area contributed by atoms with Crippen molar-refractivity contribution < 1.29 is 13.2 Å². The third-order valence-corrected chi connectivity index (χ3v) is 3.24. The highest BCUT2D eigenvalue weighted by Gasteiger charge is 2.25. The van der Waals surface area contributed by atoms with Crippen LogP contribution in [0.25, 0.3) is 0 Å². The highest BCUT2D eigenvalue weighted by atomic mass is 32.1. The fourth-order valence-electron chi connectivity index (χ4n) is 1.42. The summed E-state index contributed by atoms with van der Waals surface area (Å²) in [5, 5.41) is 0. The first-order valence-corrected chi connectivity index (χ1v) is 5.91. The Morgan fingerprint density at radius 2 is 1.87 bits per heavy atom. The van der Waals surface area contributed by atoms with Crippen LogP contribution in [0.3, 0.4) is 0 Å². The summed E-state index contributed by atoms with van der Waals surface area (Å²) in [5.74, 6) is 0. The van der Waals surface area contributed by atoms with E-state index in [1.54, 1.807) is 11.3 Å². The van der Waals surface area contributed by atoms with Gasteiger partial charge in [0.25, 0.3) is 0 Å². The van der Waals surface area contributed by atoms with Crippen molar-refractivity contribution >= 4 is 11.3 Å². The van der Waals surface area contributed by atoms with E-state index in [-0.39, 0.29) is 6.42 Å². The molecular weight excluding hydrogens is 221 g/mol. The molecule has 1 rings (SSSR count). The van der Waals surface area contributed by atoms with Crippen molar-refractivity contribution in [2.24, 2.45) is 0 Å². The number of hydrogen-bond donors (Lipinski definition) is 0. The predicted molar refractivity (Wildman–Crippen MR) is 57.3 cm³/mol.